The Hall–Kier alpha value is -6.04. The van der Waals surface area contributed by atoms with E-state index in [1.807, 2.05) is 19.1 Å². The van der Waals surface area contributed by atoms with Crippen molar-refractivity contribution in [2.75, 3.05) is 4.90 Å². The zero-order chi connectivity index (χ0) is 32.8. The van der Waals surface area contributed by atoms with Crippen molar-refractivity contribution in [3.05, 3.63) is 169 Å². The van der Waals surface area contributed by atoms with Crippen molar-refractivity contribution < 1.29 is 0 Å². The minimum atomic E-state index is -0.0693. The highest BCUT2D eigenvalue weighted by Crippen LogP contribution is 2.50. The van der Waals surface area contributed by atoms with Gasteiger partial charge in [-0.1, -0.05) is 111 Å². The first-order valence-electron chi connectivity index (χ1n) is 16.5. The van der Waals surface area contributed by atoms with Crippen LogP contribution < -0.4 is 4.90 Å². The number of nitrogens with zero attached hydrogens (tertiary/aromatic N) is 2. The van der Waals surface area contributed by atoms with Gasteiger partial charge in [0, 0.05) is 39.3 Å². The summed E-state index contributed by atoms with van der Waals surface area (Å²) in [6.45, 7) is 6.69. The van der Waals surface area contributed by atoms with Crippen LogP contribution in [0.15, 0.2) is 158 Å². The number of fused-ring (bicyclic) bond motifs is 6. The first-order chi connectivity index (χ1) is 23.5. The highest BCUT2D eigenvalue weighted by Gasteiger charge is 2.35. The van der Waals surface area contributed by atoms with Gasteiger partial charge < -0.3 is 9.47 Å². The summed E-state index contributed by atoms with van der Waals surface area (Å²) in [7, 11) is 0. The summed E-state index contributed by atoms with van der Waals surface area (Å²) >= 11 is 0. The molecule has 1 aliphatic carbocycles. The van der Waals surface area contributed by atoms with Crippen molar-refractivity contribution in [1.82, 2.24) is 4.57 Å². The summed E-state index contributed by atoms with van der Waals surface area (Å²) in [5.74, 6) is 2.73. The molecule has 1 aromatic heterocycles. The molecule has 48 heavy (non-hydrogen) atoms. The van der Waals surface area contributed by atoms with Gasteiger partial charge in [-0.2, -0.15) is 0 Å². The monoisotopic (exact) mass is 616 g/mol. The second-order valence-corrected chi connectivity index (χ2v) is 12.9. The number of aromatic nitrogens is 1. The lowest BCUT2D eigenvalue weighted by atomic mass is 9.82. The zero-order valence-electron chi connectivity index (χ0n) is 27.5. The molecule has 0 radical (unpaired) electrons. The molecule has 0 aliphatic heterocycles. The Morgan fingerprint density at radius 1 is 0.625 bits per heavy atom. The Balaban J connectivity index is 1.21. The van der Waals surface area contributed by atoms with Gasteiger partial charge in [0.15, 0.2) is 0 Å². The molecule has 0 saturated heterocycles. The van der Waals surface area contributed by atoms with Crippen LogP contribution in [0.3, 0.4) is 0 Å². The molecule has 6 aromatic carbocycles. The lowest BCUT2D eigenvalue weighted by Crippen LogP contribution is -2.16. The maximum Gasteiger partial charge on any atom is 0.0542 e. The van der Waals surface area contributed by atoms with Gasteiger partial charge in [-0.05, 0) is 101 Å². The van der Waals surface area contributed by atoms with E-state index in [1.54, 1.807) is 0 Å². The normalized spacial score (nSPS) is 13.5. The number of rotatable bonds is 6. The lowest BCUT2D eigenvalue weighted by Gasteiger charge is -2.28. The van der Waals surface area contributed by atoms with Gasteiger partial charge in [-0.25, -0.2) is 0 Å². The van der Waals surface area contributed by atoms with E-state index < -0.39 is 0 Å². The summed E-state index contributed by atoms with van der Waals surface area (Å²) in [5.41, 5.74) is 14.3. The Bertz CT molecular complexity index is 2430. The fourth-order valence-electron chi connectivity index (χ4n) is 7.53. The third-order valence-electron chi connectivity index (χ3n) is 9.80. The first kappa shape index (κ1) is 29.4. The topological polar surface area (TPSA) is 8.17 Å². The van der Waals surface area contributed by atoms with E-state index in [2.05, 4.69) is 175 Å². The van der Waals surface area contributed by atoms with Crippen LogP contribution in [0, 0.1) is 12.3 Å². The molecule has 230 valence electrons. The molecule has 0 fully saturated rings. The van der Waals surface area contributed by atoms with E-state index in [9.17, 15) is 0 Å². The van der Waals surface area contributed by atoms with Crippen molar-refractivity contribution in [3.8, 4) is 34.6 Å². The molecule has 0 atom stereocenters. The average Bonchev–Trinajstić information content (AvgIpc) is 3.57. The predicted molar refractivity (Wildman–Crippen MR) is 205 cm³/mol. The van der Waals surface area contributed by atoms with E-state index in [0.29, 0.717) is 0 Å². The van der Waals surface area contributed by atoms with Crippen molar-refractivity contribution in [3.63, 3.8) is 0 Å². The number of terminal acetylenes is 1. The minimum Gasteiger partial charge on any atom is -0.310 e. The van der Waals surface area contributed by atoms with Gasteiger partial charge in [0.2, 0.25) is 0 Å². The van der Waals surface area contributed by atoms with E-state index in [4.69, 9.17) is 6.42 Å². The van der Waals surface area contributed by atoms with Gasteiger partial charge in [0.25, 0.3) is 0 Å². The highest BCUT2D eigenvalue weighted by atomic mass is 15.1. The molecule has 7 aromatic rings. The van der Waals surface area contributed by atoms with Crippen LogP contribution in [0.2, 0.25) is 0 Å². The molecule has 2 nitrogen and oxygen atoms in total. The number of para-hydroxylation sites is 2. The van der Waals surface area contributed by atoms with Crippen LogP contribution in [0.4, 0.5) is 17.1 Å². The van der Waals surface area contributed by atoms with E-state index in [-0.39, 0.29) is 5.41 Å². The highest BCUT2D eigenvalue weighted by molar-refractivity contribution is 6.11. The van der Waals surface area contributed by atoms with Crippen LogP contribution in [0.25, 0.3) is 49.8 Å². The Morgan fingerprint density at radius 3 is 2.06 bits per heavy atom. The molecule has 1 aliphatic rings. The molecule has 0 spiro atoms. The fourth-order valence-corrected chi connectivity index (χ4v) is 7.53. The molecule has 8 rings (SSSR count). The lowest BCUT2D eigenvalue weighted by molar-refractivity contribution is 0.660. The summed E-state index contributed by atoms with van der Waals surface area (Å²) < 4.78 is 2.26. The van der Waals surface area contributed by atoms with Crippen LogP contribution in [-0.2, 0) is 5.41 Å². The second kappa shape index (κ2) is 11.6. The SMILES string of the molecule is C#C/C=C(\C=C/C)n1c2ccccc2c2cc(-c3ccc(N(c4ccccc4)c4ccc5c(c4)C(C)(C)c4ccccc4-5)cc3)ccc21. The summed E-state index contributed by atoms with van der Waals surface area (Å²) in [5, 5.41) is 2.41. The fraction of sp³-hybridized carbons (Fsp3) is 0.0870. The van der Waals surface area contributed by atoms with Gasteiger partial charge in [0.05, 0.1) is 16.7 Å². The molecule has 0 bridgehead atoms. The Morgan fingerprint density at radius 2 is 1.27 bits per heavy atom. The maximum atomic E-state index is 5.74. The second-order valence-electron chi connectivity index (χ2n) is 12.9. The van der Waals surface area contributed by atoms with Gasteiger partial charge in [-0.15, -0.1) is 6.42 Å². The standard InChI is InChI=1S/C46H36N2/c1-5-14-34(15-6-2)48-44-21-13-11-19-40(44)41-30-33(24-29-45(41)48)32-22-25-36(26-23-32)47(35-16-8-7-9-17-35)37-27-28-39-38-18-10-12-20-42(38)46(3,4)43(39)31-37/h1,6-31H,2-4H3/b15-6-,34-14+. The van der Waals surface area contributed by atoms with Crippen LogP contribution in [0.5, 0.6) is 0 Å². The van der Waals surface area contributed by atoms with Crippen LogP contribution in [0.1, 0.15) is 31.9 Å². The molecule has 0 saturated carbocycles. The van der Waals surface area contributed by atoms with Gasteiger partial charge in [0.1, 0.15) is 0 Å². The largest absolute Gasteiger partial charge is 0.310 e. The first-order valence-corrected chi connectivity index (χ1v) is 16.5. The number of hydrogen-bond acceptors (Lipinski definition) is 1. The summed E-state index contributed by atoms with van der Waals surface area (Å²) in [4.78, 5) is 2.36. The summed E-state index contributed by atoms with van der Waals surface area (Å²) in [6, 6.07) is 50.6. The van der Waals surface area contributed by atoms with Crippen molar-refractivity contribution in [2.24, 2.45) is 0 Å². The molecule has 0 N–H and O–H groups in total. The number of benzene rings is 6. The van der Waals surface area contributed by atoms with Crippen molar-refractivity contribution >= 4 is 44.6 Å². The third kappa shape index (κ3) is 4.67. The van der Waals surface area contributed by atoms with Gasteiger partial charge >= 0.3 is 0 Å². The zero-order valence-corrected chi connectivity index (χ0v) is 27.5. The molecule has 1 heterocycles. The predicted octanol–water partition coefficient (Wildman–Crippen LogP) is 12.3. The van der Waals surface area contributed by atoms with Crippen LogP contribution in [-0.4, -0.2) is 4.57 Å². The van der Waals surface area contributed by atoms with E-state index in [0.717, 1.165) is 33.8 Å². The molecule has 2 heteroatoms. The number of allylic oxidation sites excluding steroid dienone is 4. The number of hydrogen-bond donors (Lipinski definition) is 0. The molecule has 0 unspecified atom stereocenters. The van der Waals surface area contributed by atoms with Crippen molar-refractivity contribution in [1.29, 1.82) is 0 Å². The van der Waals surface area contributed by atoms with E-state index in [1.165, 1.54) is 44.2 Å². The molecular formula is C46H36N2. The minimum absolute atomic E-state index is 0.0693. The molecule has 0 amide bonds. The Kier molecular flexibility index (Phi) is 7.12. The van der Waals surface area contributed by atoms with E-state index >= 15 is 0 Å². The third-order valence-corrected chi connectivity index (χ3v) is 9.80. The summed E-state index contributed by atoms with van der Waals surface area (Å²) in [6.07, 6.45) is 11.7. The quantitative estimate of drug-likeness (QED) is 0.133. The van der Waals surface area contributed by atoms with Crippen molar-refractivity contribution in [2.45, 2.75) is 26.2 Å². The van der Waals surface area contributed by atoms with Crippen LogP contribution >= 0.6 is 0 Å². The maximum absolute atomic E-state index is 5.74. The number of anilines is 3. The smallest absolute Gasteiger partial charge is 0.0542 e. The molecular weight excluding hydrogens is 581 g/mol. The average molecular weight is 617 g/mol. The van der Waals surface area contributed by atoms with Gasteiger partial charge in [-0.3, -0.25) is 0 Å². The Labute approximate surface area is 282 Å².